The Labute approximate surface area is 140 Å². The summed E-state index contributed by atoms with van der Waals surface area (Å²) in [7, 11) is -1.86. The Hall–Kier alpha value is -2.14. The Balaban J connectivity index is 2.07. The Bertz CT molecular complexity index is 692. The van der Waals surface area contributed by atoms with Crippen LogP contribution >= 0.6 is 0 Å². The molecule has 0 heterocycles. The van der Waals surface area contributed by atoms with E-state index in [9.17, 15) is 27.2 Å². The van der Waals surface area contributed by atoms with Crippen LogP contribution in [0.25, 0.3) is 0 Å². The lowest BCUT2D eigenvalue weighted by molar-refractivity contribution is -0.175. The fourth-order valence-electron chi connectivity index (χ4n) is 2.29. The first kappa shape index (κ1) is 19.2. The molecule has 0 radical (unpaired) electrons. The van der Waals surface area contributed by atoms with Gasteiger partial charge in [-0.3, -0.25) is 9.59 Å². The average molecular weight is 362 g/mol. The molecule has 0 bridgehead atoms. The number of carbonyl (C=O) groups excluding carboxylic acids is 2. The van der Waals surface area contributed by atoms with Crippen molar-refractivity contribution in [3.63, 3.8) is 0 Å². The molecule has 1 aliphatic carbocycles. The molecule has 4 N–H and O–H groups in total. The Kier molecular flexibility index (Phi) is 5.10. The van der Waals surface area contributed by atoms with Gasteiger partial charge in [0, 0.05) is 5.56 Å². The maximum Gasteiger partial charge on any atom is 0.488 e. The number of amides is 2. The van der Waals surface area contributed by atoms with Crippen molar-refractivity contribution in [2.75, 3.05) is 0 Å². The zero-order valence-electron chi connectivity index (χ0n) is 13.0. The highest BCUT2D eigenvalue weighted by Gasteiger charge is 2.55. The van der Waals surface area contributed by atoms with Crippen LogP contribution in [0, 0.1) is 5.82 Å². The lowest BCUT2D eigenvalue weighted by Crippen LogP contribution is -2.53. The molecule has 1 saturated carbocycles. The summed E-state index contributed by atoms with van der Waals surface area (Å²) in [6.07, 6.45) is -5.01. The zero-order valence-corrected chi connectivity index (χ0v) is 13.0. The van der Waals surface area contributed by atoms with E-state index in [0.717, 1.165) is 6.07 Å². The number of halogens is 4. The quantitative estimate of drug-likeness (QED) is 0.434. The van der Waals surface area contributed by atoms with Crippen molar-refractivity contribution in [2.45, 2.75) is 37.5 Å². The molecule has 0 spiro atoms. The van der Waals surface area contributed by atoms with Crippen LogP contribution in [0.4, 0.5) is 17.6 Å². The maximum atomic E-state index is 14.0. The molecule has 2 rings (SSSR count). The number of carbonyl (C=O) groups is 2. The predicted molar refractivity (Wildman–Crippen MR) is 78.9 cm³/mol. The van der Waals surface area contributed by atoms with Gasteiger partial charge in [-0.25, -0.2) is 4.39 Å². The van der Waals surface area contributed by atoms with Gasteiger partial charge in [0.25, 0.3) is 0 Å². The summed E-state index contributed by atoms with van der Waals surface area (Å²) in [5, 5.41) is 22.0. The van der Waals surface area contributed by atoms with Gasteiger partial charge >= 0.3 is 19.2 Å². The van der Waals surface area contributed by atoms with Crippen molar-refractivity contribution in [3.05, 3.63) is 29.6 Å². The van der Waals surface area contributed by atoms with E-state index in [0.29, 0.717) is 0 Å². The first-order valence-corrected chi connectivity index (χ1v) is 7.32. The van der Waals surface area contributed by atoms with Gasteiger partial charge in [0.15, 0.2) is 0 Å². The van der Waals surface area contributed by atoms with Gasteiger partial charge in [0.1, 0.15) is 11.4 Å². The van der Waals surface area contributed by atoms with Crippen LogP contribution < -0.4 is 16.1 Å². The highest BCUT2D eigenvalue weighted by molar-refractivity contribution is 6.58. The first-order chi connectivity index (χ1) is 11.5. The summed E-state index contributed by atoms with van der Waals surface area (Å²) in [5.74, 6) is -3.87. The monoisotopic (exact) mass is 362 g/mol. The lowest BCUT2D eigenvalue weighted by Gasteiger charge is -2.22. The summed E-state index contributed by atoms with van der Waals surface area (Å²) in [6.45, 7) is 1.41. The third kappa shape index (κ3) is 4.29. The highest BCUT2D eigenvalue weighted by Crippen LogP contribution is 2.37. The standard InChI is InChI=1S/C14H15BF4N2O4/c1-7(9-3-2-8(15(24)25)6-10(9)16)20-11(22)13(4-5-13)21-12(23)14(17,18)19/h2-3,6-7,24-25H,4-5H2,1H3,(H,20,22)(H,21,23). The van der Waals surface area contributed by atoms with Crippen molar-refractivity contribution in [3.8, 4) is 0 Å². The maximum absolute atomic E-state index is 14.0. The van der Waals surface area contributed by atoms with E-state index in [1.807, 2.05) is 0 Å². The van der Waals surface area contributed by atoms with Crippen LogP contribution in [-0.4, -0.2) is 40.7 Å². The predicted octanol–water partition coefficient (Wildman–Crippen LogP) is -0.106. The highest BCUT2D eigenvalue weighted by atomic mass is 19.4. The lowest BCUT2D eigenvalue weighted by atomic mass is 9.79. The molecular formula is C14H15BF4N2O4. The first-order valence-electron chi connectivity index (χ1n) is 7.32. The van der Waals surface area contributed by atoms with Gasteiger partial charge in [-0.15, -0.1) is 0 Å². The van der Waals surface area contributed by atoms with Crippen LogP contribution in [0.5, 0.6) is 0 Å². The minimum atomic E-state index is -5.10. The molecular weight excluding hydrogens is 347 g/mol. The SMILES string of the molecule is CC(NC(=O)C1(NC(=O)C(F)(F)F)CC1)c1ccc(B(O)O)cc1F. The molecule has 1 aromatic carbocycles. The van der Waals surface area contributed by atoms with E-state index in [1.165, 1.54) is 19.1 Å². The Morgan fingerprint density at radius 2 is 1.88 bits per heavy atom. The van der Waals surface area contributed by atoms with Crippen LogP contribution in [0.15, 0.2) is 18.2 Å². The second-order valence-corrected chi connectivity index (χ2v) is 5.88. The normalized spacial score (nSPS) is 16.8. The van der Waals surface area contributed by atoms with Crippen molar-refractivity contribution < 1.29 is 37.2 Å². The second kappa shape index (κ2) is 6.64. The summed E-state index contributed by atoms with van der Waals surface area (Å²) < 4.78 is 51.0. The second-order valence-electron chi connectivity index (χ2n) is 5.88. The fraction of sp³-hybridized carbons (Fsp3) is 0.429. The minimum absolute atomic E-state index is 0.00991. The molecule has 6 nitrogen and oxygen atoms in total. The number of alkyl halides is 3. The van der Waals surface area contributed by atoms with E-state index >= 15 is 0 Å². The Morgan fingerprint density at radius 3 is 2.32 bits per heavy atom. The molecule has 0 aromatic heterocycles. The molecule has 1 aromatic rings. The number of hydrogen-bond acceptors (Lipinski definition) is 4. The molecule has 2 amide bonds. The van der Waals surface area contributed by atoms with Gasteiger partial charge < -0.3 is 20.7 Å². The topological polar surface area (TPSA) is 98.7 Å². The minimum Gasteiger partial charge on any atom is -0.423 e. The van der Waals surface area contributed by atoms with Crippen molar-refractivity contribution in [1.29, 1.82) is 0 Å². The molecule has 0 saturated heterocycles. The van der Waals surface area contributed by atoms with E-state index in [-0.39, 0.29) is 23.9 Å². The van der Waals surface area contributed by atoms with E-state index in [1.54, 1.807) is 5.32 Å². The summed E-state index contributed by atoms with van der Waals surface area (Å²) in [5.41, 5.74) is -1.72. The van der Waals surface area contributed by atoms with Gasteiger partial charge in [-0.2, -0.15) is 13.2 Å². The average Bonchev–Trinajstić information content (AvgIpc) is 3.26. The molecule has 1 unspecified atom stereocenters. The van der Waals surface area contributed by atoms with Crippen LogP contribution in [0.3, 0.4) is 0 Å². The van der Waals surface area contributed by atoms with E-state index in [2.05, 4.69) is 5.32 Å². The molecule has 1 aliphatic rings. The van der Waals surface area contributed by atoms with Crippen LogP contribution in [-0.2, 0) is 9.59 Å². The molecule has 136 valence electrons. The smallest absolute Gasteiger partial charge is 0.423 e. The fourth-order valence-corrected chi connectivity index (χ4v) is 2.29. The van der Waals surface area contributed by atoms with E-state index < -0.39 is 42.5 Å². The van der Waals surface area contributed by atoms with Gasteiger partial charge in [0.05, 0.1) is 6.04 Å². The van der Waals surface area contributed by atoms with Crippen molar-refractivity contribution >= 4 is 24.4 Å². The van der Waals surface area contributed by atoms with Crippen molar-refractivity contribution in [1.82, 2.24) is 10.6 Å². The summed E-state index contributed by atoms with van der Waals surface area (Å²) >= 11 is 0. The summed E-state index contributed by atoms with van der Waals surface area (Å²) in [6, 6.07) is 2.44. The number of nitrogens with one attached hydrogen (secondary N) is 2. The number of hydrogen-bond donors (Lipinski definition) is 4. The third-order valence-corrected chi connectivity index (χ3v) is 3.93. The number of benzene rings is 1. The Morgan fingerprint density at radius 1 is 1.28 bits per heavy atom. The van der Waals surface area contributed by atoms with Gasteiger partial charge in [-0.05, 0) is 31.3 Å². The zero-order chi connectivity index (χ0) is 19.0. The molecule has 1 fully saturated rings. The van der Waals surface area contributed by atoms with Crippen LogP contribution in [0.2, 0.25) is 0 Å². The third-order valence-electron chi connectivity index (χ3n) is 3.93. The molecule has 0 aliphatic heterocycles. The van der Waals surface area contributed by atoms with Gasteiger partial charge in [0.2, 0.25) is 5.91 Å². The molecule has 25 heavy (non-hydrogen) atoms. The van der Waals surface area contributed by atoms with Gasteiger partial charge in [-0.1, -0.05) is 12.1 Å². The molecule has 1 atom stereocenters. The summed E-state index contributed by atoms with van der Waals surface area (Å²) in [4.78, 5) is 23.2. The van der Waals surface area contributed by atoms with E-state index in [4.69, 9.17) is 10.0 Å². The largest absolute Gasteiger partial charge is 0.488 e. The van der Waals surface area contributed by atoms with Crippen molar-refractivity contribution in [2.24, 2.45) is 0 Å². The molecule has 11 heteroatoms. The number of rotatable bonds is 5. The van der Waals surface area contributed by atoms with Crippen LogP contribution in [0.1, 0.15) is 31.4 Å².